The van der Waals surface area contributed by atoms with Crippen LogP contribution in [-0.2, 0) is 6.54 Å². The van der Waals surface area contributed by atoms with Crippen molar-refractivity contribution in [3.8, 4) is 5.75 Å². The van der Waals surface area contributed by atoms with Gasteiger partial charge in [0.15, 0.2) is 5.69 Å². The van der Waals surface area contributed by atoms with E-state index < -0.39 is 0 Å². The van der Waals surface area contributed by atoms with Crippen LogP contribution >= 0.6 is 0 Å². The van der Waals surface area contributed by atoms with Crippen LogP contribution in [-0.4, -0.2) is 52.7 Å². The molecule has 32 heavy (non-hydrogen) atoms. The van der Waals surface area contributed by atoms with Gasteiger partial charge in [-0.05, 0) is 63.1 Å². The lowest BCUT2D eigenvalue weighted by atomic mass is 9.74. The highest BCUT2D eigenvalue weighted by atomic mass is 16.5. The highest BCUT2D eigenvalue weighted by Crippen LogP contribution is 2.37. The normalized spacial score (nSPS) is 19.3. The molecule has 4 rings (SSSR count). The zero-order chi connectivity index (χ0) is 22.6. The average Bonchev–Trinajstić information content (AvgIpc) is 3.20. The van der Waals surface area contributed by atoms with Crippen molar-refractivity contribution in [2.45, 2.75) is 58.9 Å². The van der Waals surface area contributed by atoms with Crippen molar-refractivity contribution in [1.29, 1.82) is 0 Å². The highest BCUT2D eigenvalue weighted by molar-refractivity contribution is 5.97. The molecule has 172 valence electrons. The van der Waals surface area contributed by atoms with Crippen molar-refractivity contribution in [3.63, 3.8) is 0 Å². The van der Waals surface area contributed by atoms with Crippen LogP contribution in [0.5, 0.6) is 5.75 Å². The number of rotatable bonds is 2. The standard InChI is InChI=1S/C25H34N4O3/c1-3-29-19(2)17-21(27-29)24(31)28-14-12-25(13-15-28)11-7-4-8-16-32-22-10-6-5-9-20(22)23(30)26-18-25/h5-6,9-10,17H,3-4,7-8,11-16,18H2,1-2H3,(H,26,30). The van der Waals surface area contributed by atoms with Crippen LogP contribution in [0.3, 0.4) is 0 Å². The first-order valence-corrected chi connectivity index (χ1v) is 11.9. The Balaban J connectivity index is 1.44. The summed E-state index contributed by atoms with van der Waals surface area (Å²) >= 11 is 0. The minimum atomic E-state index is -0.0837. The summed E-state index contributed by atoms with van der Waals surface area (Å²) in [6, 6.07) is 9.34. The Hall–Kier alpha value is -2.83. The number of piperidine rings is 1. The number of aryl methyl sites for hydroxylation is 2. The molecule has 1 aromatic carbocycles. The molecule has 0 bridgehead atoms. The van der Waals surface area contributed by atoms with Gasteiger partial charge in [0.25, 0.3) is 11.8 Å². The summed E-state index contributed by atoms with van der Waals surface area (Å²) in [6.07, 6.45) is 6.04. The molecule has 0 radical (unpaired) electrons. The molecule has 1 N–H and O–H groups in total. The smallest absolute Gasteiger partial charge is 0.274 e. The lowest BCUT2D eigenvalue weighted by Gasteiger charge is -2.42. The number of carbonyl (C=O) groups excluding carboxylic acids is 2. The van der Waals surface area contributed by atoms with Gasteiger partial charge < -0.3 is 15.0 Å². The van der Waals surface area contributed by atoms with Crippen molar-refractivity contribution >= 4 is 11.8 Å². The van der Waals surface area contributed by atoms with Crippen LogP contribution in [0.25, 0.3) is 0 Å². The topological polar surface area (TPSA) is 76.5 Å². The minimum absolute atomic E-state index is 0.0124. The first-order valence-electron chi connectivity index (χ1n) is 11.9. The Bertz CT molecular complexity index is 960. The molecule has 1 saturated heterocycles. The Labute approximate surface area is 190 Å². The van der Waals surface area contributed by atoms with Gasteiger partial charge in [-0.25, -0.2) is 0 Å². The van der Waals surface area contributed by atoms with E-state index in [4.69, 9.17) is 4.74 Å². The summed E-state index contributed by atoms with van der Waals surface area (Å²) in [5, 5.41) is 7.64. The van der Waals surface area contributed by atoms with Crippen LogP contribution in [0.1, 0.15) is 72.0 Å². The molecule has 7 nitrogen and oxygen atoms in total. The molecule has 2 amide bonds. The fraction of sp³-hybridized carbons (Fsp3) is 0.560. The van der Waals surface area contributed by atoms with Gasteiger partial charge in [0.2, 0.25) is 0 Å². The number of benzene rings is 1. The fourth-order valence-electron chi connectivity index (χ4n) is 4.90. The number of hydrogen-bond donors (Lipinski definition) is 1. The molecule has 1 fully saturated rings. The summed E-state index contributed by atoms with van der Waals surface area (Å²) in [7, 11) is 0. The van der Waals surface area contributed by atoms with Gasteiger partial charge in [-0.2, -0.15) is 5.10 Å². The number of aromatic nitrogens is 2. The Morgan fingerprint density at radius 1 is 1.16 bits per heavy atom. The summed E-state index contributed by atoms with van der Waals surface area (Å²) in [4.78, 5) is 27.8. The SMILES string of the molecule is CCn1nc(C(=O)N2CCC3(CCCCCOc4ccccc4C(=O)NC3)CC2)cc1C. The second-order valence-electron chi connectivity index (χ2n) is 9.12. The summed E-state index contributed by atoms with van der Waals surface area (Å²) in [6.45, 7) is 7.43. The number of nitrogens with zero attached hydrogens (tertiary/aromatic N) is 3. The Morgan fingerprint density at radius 2 is 1.94 bits per heavy atom. The number of carbonyl (C=O) groups is 2. The average molecular weight is 439 g/mol. The van der Waals surface area contributed by atoms with Gasteiger partial charge >= 0.3 is 0 Å². The second kappa shape index (κ2) is 9.76. The van der Waals surface area contributed by atoms with E-state index in [0.717, 1.165) is 50.8 Å². The number of amides is 2. The van der Waals surface area contributed by atoms with Crippen molar-refractivity contribution in [1.82, 2.24) is 20.0 Å². The minimum Gasteiger partial charge on any atom is -0.493 e. The largest absolute Gasteiger partial charge is 0.493 e. The van der Waals surface area contributed by atoms with Crippen molar-refractivity contribution < 1.29 is 14.3 Å². The van der Waals surface area contributed by atoms with Gasteiger partial charge in [-0.1, -0.05) is 25.0 Å². The summed E-state index contributed by atoms with van der Waals surface area (Å²) < 4.78 is 7.72. The lowest BCUT2D eigenvalue weighted by Crippen LogP contribution is -2.48. The predicted octanol–water partition coefficient (Wildman–Crippen LogP) is 3.82. The zero-order valence-electron chi connectivity index (χ0n) is 19.2. The molecule has 7 heteroatoms. The van der Waals surface area contributed by atoms with Gasteiger partial charge in [0.1, 0.15) is 5.75 Å². The third kappa shape index (κ3) is 4.81. The fourth-order valence-corrected chi connectivity index (χ4v) is 4.90. The van der Waals surface area contributed by atoms with Gasteiger partial charge in [0, 0.05) is 31.9 Å². The molecule has 2 aliphatic rings. The first kappa shape index (κ1) is 22.4. The van der Waals surface area contributed by atoms with Crippen molar-refractivity contribution in [3.05, 3.63) is 47.3 Å². The van der Waals surface area contributed by atoms with Crippen molar-refractivity contribution in [2.24, 2.45) is 5.41 Å². The van der Waals surface area contributed by atoms with Gasteiger partial charge in [-0.3, -0.25) is 14.3 Å². The van der Waals surface area contributed by atoms with E-state index in [1.807, 2.05) is 53.8 Å². The number of likely N-dealkylation sites (tertiary alicyclic amines) is 1. The van der Waals surface area contributed by atoms with E-state index >= 15 is 0 Å². The number of nitrogens with one attached hydrogen (secondary N) is 1. The molecule has 1 aromatic heterocycles. The molecule has 3 heterocycles. The molecule has 1 spiro atoms. The lowest BCUT2D eigenvalue weighted by molar-refractivity contribution is 0.0528. The predicted molar refractivity (Wildman–Crippen MR) is 123 cm³/mol. The molecular formula is C25H34N4O3. The molecule has 0 unspecified atom stereocenters. The molecule has 0 atom stereocenters. The van der Waals surface area contributed by atoms with E-state index in [1.54, 1.807) is 0 Å². The Morgan fingerprint density at radius 3 is 2.69 bits per heavy atom. The zero-order valence-corrected chi connectivity index (χ0v) is 19.2. The van der Waals surface area contributed by atoms with Gasteiger partial charge in [0.05, 0.1) is 12.2 Å². The Kier molecular flexibility index (Phi) is 6.82. The quantitative estimate of drug-likeness (QED) is 0.773. The van der Waals surface area contributed by atoms with Gasteiger partial charge in [-0.15, -0.1) is 0 Å². The number of para-hydroxylation sites is 1. The maximum Gasteiger partial charge on any atom is 0.274 e. The maximum atomic E-state index is 13.0. The third-order valence-corrected chi connectivity index (χ3v) is 6.98. The van der Waals surface area contributed by atoms with E-state index in [-0.39, 0.29) is 17.2 Å². The first-order chi connectivity index (χ1) is 15.5. The molecule has 0 aliphatic carbocycles. The number of ether oxygens (including phenoxy) is 1. The van der Waals surface area contributed by atoms with E-state index in [9.17, 15) is 9.59 Å². The number of fused-ring (bicyclic) bond motifs is 1. The van der Waals surface area contributed by atoms with Crippen LogP contribution < -0.4 is 10.1 Å². The van der Waals surface area contributed by atoms with Crippen LogP contribution in [0.15, 0.2) is 30.3 Å². The molecular weight excluding hydrogens is 404 g/mol. The highest BCUT2D eigenvalue weighted by Gasteiger charge is 2.37. The summed E-state index contributed by atoms with van der Waals surface area (Å²) in [5.41, 5.74) is 2.16. The molecule has 0 saturated carbocycles. The summed E-state index contributed by atoms with van der Waals surface area (Å²) in [5.74, 6) is 0.583. The molecule has 2 aliphatic heterocycles. The van der Waals surface area contributed by atoms with Crippen LogP contribution in [0.4, 0.5) is 0 Å². The van der Waals surface area contributed by atoms with Crippen LogP contribution in [0.2, 0.25) is 0 Å². The maximum absolute atomic E-state index is 13.0. The van der Waals surface area contributed by atoms with Crippen LogP contribution in [0, 0.1) is 12.3 Å². The van der Waals surface area contributed by atoms with Crippen molar-refractivity contribution in [2.75, 3.05) is 26.2 Å². The monoisotopic (exact) mass is 438 g/mol. The number of hydrogen-bond acceptors (Lipinski definition) is 4. The third-order valence-electron chi connectivity index (χ3n) is 6.98. The molecule has 2 aromatic rings. The second-order valence-corrected chi connectivity index (χ2v) is 9.12. The van der Waals surface area contributed by atoms with E-state index in [0.29, 0.717) is 43.2 Å². The van der Waals surface area contributed by atoms with E-state index in [2.05, 4.69) is 10.4 Å². The van der Waals surface area contributed by atoms with E-state index in [1.165, 1.54) is 0 Å².